The maximum Gasteiger partial charge on any atom is 0.240 e. The van der Waals surface area contributed by atoms with E-state index in [-0.39, 0.29) is 5.91 Å². The Bertz CT molecular complexity index is 1860. The molecule has 9 nitrogen and oxygen atoms in total. The smallest absolute Gasteiger partial charge is 0.240 e. The lowest BCUT2D eigenvalue weighted by Crippen LogP contribution is -2.35. The molecule has 0 atom stereocenters. The van der Waals surface area contributed by atoms with Gasteiger partial charge in [0.15, 0.2) is 0 Å². The van der Waals surface area contributed by atoms with Crippen molar-refractivity contribution in [2.45, 2.75) is 31.7 Å². The summed E-state index contributed by atoms with van der Waals surface area (Å²) in [6.07, 6.45) is 8.87. The Morgan fingerprint density at radius 2 is 1.56 bits per heavy atom. The van der Waals surface area contributed by atoms with Crippen molar-refractivity contribution >= 4 is 34.1 Å². The molecule has 10 heteroatoms. The Morgan fingerprint density at radius 1 is 0.889 bits per heavy atom. The third-order valence-electron chi connectivity index (χ3n) is 8.76. The fraction of sp³-hybridized carbons (Fsp3) is 0.257. The van der Waals surface area contributed by atoms with Crippen LogP contribution in [-0.2, 0) is 9.59 Å². The monoisotopic (exact) mass is 604 g/mol. The topological polar surface area (TPSA) is 101 Å². The number of fused-ring (bicyclic) bond motifs is 1. The number of carbonyl (C=O) groups is 2. The number of rotatable bonds is 8. The van der Waals surface area contributed by atoms with Gasteiger partial charge >= 0.3 is 0 Å². The molecule has 45 heavy (non-hydrogen) atoms. The molecule has 5 aromatic rings. The van der Waals surface area contributed by atoms with Gasteiger partial charge in [-0.25, -0.2) is 4.39 Å². The Balaban J connectivity index is 1.00. The summed E-state index contributed by atoms with van der Waals surface area (Å²) in [5, 5.41) is 11.1. The van der Waals surface area contributed by atoms with Gasteiger partial charge in [-0.3, -0.25) is 19.3 Å². The van der Waals surface area contributed by atoms with Crippen LogP contribution in [0, 0.1) is 11.2 Å². The van der Waals surface area contributed by atoms with E-state index in [2.05, 4.69) is 55.7 Å². The molecule has 0 radical (unpaired) electrons. The molecule has 2 aliphatic rings. The average Bonchev–Trinajstić information content (AvgIpc) is 3.73. The highest BCUT2D eigenvalue weighted by molar-refractivity contribution is 6.16. The van der Waals surface area contributed by atoms with E-state index in [1.165, 1.54) is 24.3 Å². The normalized spacial score (nSPS) is 16.3. The zero-order valence-corrected chi connectivity index (χ0v) is 24.9. The second-order valence-electron chi connectivity index (χ2n) is 11.9. The number of nitrogens with one attached hydrogen (secondary N) is 2. The van der Waals surface area contributed by atoms with Crippen LogP contribution in [0.25, 0.3) is 22.0 Å². The van der Waals surface area contributed by atoms with Gasteiger partial charge in [-0.2, -0.15) is 5.10 Å². The number of ether oxygens (including phenoxy) is 1. The van der Waals surface area contributed by atoms with Gasteiger partial charge < -0.3 is 20.3 Å². The summed E-state index contributed by atoms with van der Waals surface area (Å²) in [5.74, 6) is 0.0980. The number of anilines is 2. The number of pyridine rings is 1. The second-order valence-corrected chi connectivity index (χ2v) is 11.9. The molecule has 2 fully saturated rings. The van der Waals surface area contributed by atoms with E-state index in [9.17, 15) is 14.0 Å². The Kier molecular flexibility index (Phi) is 7.50. The number of likely N-dealkylation sites (tertiary alicyclic amines) is 1. The number of amides is 2. The highest BCUT2D eigenvalue weighted by Crippen LogP contribution is 2.47. The average molecular weight is 605 g/mol. The summed E-state index contributed by atoms with van der Waals surface area (Å²) < 4.78 is 21.5. The molecule has 1 saturated heterocycles. The van der Waals surface area contributed by atoms with Crippen molar-refractivity contribution in [3.05, 3.63) is 97.2 Å². The van der Waals surface area contributed by atoms with Gasteiger partial charge in [0, 0.05) is 34.7 Å². The molecular formula is C35H33FN6O3. The summed E-state index contributed by atoms with van der Waals surface area (Å²) >= 11 is 0. The molecule has 2 amide bonds. The molecule has 3 heterocycles. The van der Waals surface area contributed by atoms with E-state index >= 15 is 0 Å². The van der Waals surface area contributed by atoms with Gasteiger partial charge in [-0.15, -0.1) is 0 Å². The van der Waals surface area contributed by atoms with Crippen LogP contribution in [0.3, 0.4) is 0 Å². The number of hydrogen-bond donors (Lipinski definition) is 2. The molecule has 1 aliphatic carbocycles. The Morgan fingerprint density at radius 3 is 2.22 bits per heavy atom. The zero-order valence-electron chi connectivity index (χ0n) is 24.9. The molecule has 228 valence electrons. The van der Waals surface area contributed by atoms with Crippen molar-refractivity contribution < 1.29 is 18.7 Å². The molecule has 0 bridgehead atoms. The van der Waals surface area contributed by atoms with Crippen molar-refractivity contribution in [2.75, 3.05) is 30.8 Å². The first-order valence-corrected chi connectivity index (χ1v) is 15.1. The first kappa shape index (κ1) is 28.7. The largest absolute Gasteiger partial charge is 0.457 e. The number of aromatic nitrogens is 3. The van der Waals surface area contributed by atoms with Crippen LogP contribution < -0.4 is 15.4 Å². The minimum absolute atomic E-state index is 0.372. The van der Waals surface area contributed by atoms with Gasteiger partial charge in [0.05, 0.1) is 17.8 Å². The molecule has 2 N–H and O–H groups in total. The number of benzene rings is 3. The van der Waals surface area contributed by atoms with E-state index in [1.54, 1.807) is 30.5 Å². The van der Waals surface area contributed by atoms with Crippen LogP contribution in [0.4, 0.5) is 15.8 Å². The quantitative estimate of drug-likeness (QED) is 0.192. The second kappa shape index (κ2) is 11.8. The third kappa shape index (κ3) is 6.01. The molecule has 7 rings (SSSR count). The fourth-order valence-electron chi connectivity index (χ4n) is 5.79. The lowest BCUT2D eigenvalue weighted by molar-refractivity contribution is -0.131. The van der Waals surface area contributed by atoms with Gasteiger partial charge in [0.25, 0.3) is 0 Å². The predicted octanol–water partition coefficient (Wildman–Crippen LogP) is 6.65. The number of carbonyl (C=O) groups excluding carboxylic acids is 2. The van der Waals surface area contributed by atoms with E-state index in [0.717, 1.165) is 48.0 Å². The summed E-state index contributed by atoms with van der Waals surface area (Å²) in [6, 6.07) is 20.9. The summed E-state index contributed by atoms with van der Waals surface area (Å²) in [5.41, 5.74) is 2.78. The zero-order chi connectivity index (χ0) is 31.0. The van der Waals surface area contributed by atoms with Gasteiger partial charge in [-0.05, 0) is 118 Å². The number of piperidine rings is 1. The van der Waals surface area contributed by atoms with Gasteiger partial charge in [0.2, 0.25) is 11.8 Å². The van der Waals surface area contributed by atoms with Crippen LogP contribution in [0.5, 0.6) is 11.5 Å². The van der Waals surface area contributed by atoms with E-state index < -0.39 is 17.1 Å². The molecule has 0 unspecified atom stereocenters. The third-order valence-corrected chi connectivity index (χ3v) is 8.76. The minimum Gasteiger partial charge on any atom is -0.457 e. The molecular weight excluding hydrogens is 571 g/mol. The van der Waals surface area contributed by atoms with E-state index in [0.29, 0.717) is 41.8 Å². The van der Waals surface area contributed by atoms with E-state index in [4.69, 9.17) is 4.74 Å². The lowest BCUT2D eigenvalue weighted by atomic mass is 10.0. The molecule has 1 saturated carbocycles. The van der Waals surface area contributed by atoms with Crippen LogP contribution in [0.15, 0.2) is 91.4 Å². The highest BCUT2D eigenvalue weighted by Gasteiger charge is 2.56. The maximum atomic E-state index is 13.2. The van der Waals surface area contributed by atoms with Crippen molar-refractivity contribution in [2.24, 2.45) is 5.41 Å². The molecule has 0 spiro atoms. The van der Waals surface area contributed by atoms with Crippen LogP contribution in [0.2, 0.25) is 0 Å². The standard InChI is InChI=1S/C35H33FN6O3/c1-41-18-13-28(14-19-41)42-22-24(21-38-42)23-2-11-30-31(20-23)37-17-12-32(30)45-29-9-7-27(8-10-29)40-34(44)35(15-16-35)33(43)39-26-5-3-25(36)4-6-26/h2-12,17,20-22,28H,13-16,18-19H2,1H3,(H,39,43)(H,40,44). The van der Waals surface area contributed by atoms with Gasteiger partial charge in [0.1, 0.15) is 22.7 Å². The first-order chi connectivity index (χ1) is 21.9. The molecule has 3 aromatic carbocycles. The fourth-order valence-corrected chi connectivity index (χ4v) is 5.79. The van der Waals surface area contributed by atoms with Crippen LogP contribution in [0.1, 0.15) is 31.7 Å². The minimum atomic E-state index is -1.13. The van der Waals surface area contributed by atoms with Gasteiger partial charge in [-0.1, -0.05) is 6.07 Å². The highest BCUT2D eigenvalue weighted by atomic mass is 19.1. The maximum absolute atomic E-state index is 13.2. The Labute approximate surface area is 260 Å². The lowest BCUT2D eigenvalue weighted by Gasteiger charge is -2.28. The number of hydrogen-bond acceptors (Lipinski definition) is 6. The first-order valence-electron chi connectivity index (χ1n) is 15.1. The summed E-state index contributed by atoms with van der Waals surface area (Å²) in [6.45, 7) is 2.17. The van der Waals surface area contributed by atoms with Crippen molar-refractivity contribution in [1.29, 1.82) is 0 Å². The van der Waals surface area contributed by atoms with Crippen LogP contribution in [-0.4, -0.2) is 51.6 Å². The van der Waals surface area contributed by atoms with Crippen LogP contribution >= 0.6 is 0 Å². The Hall–Kier alpha value is -5.09. The molecule has 1 aliphatic heterocycles. The van der Waals surface area contributed by atoms with E-state index in [1.807, 2.05) is 18.3 Å². The summed E-state index contributed by atoms with van der Waals surface area (Å²) in [7, 11) is 2.16. The summed E-state index contributed by atoms with van der Waals surface area (Å²) in [4.78, 5) is 32.9. The SMILES string of the molecule is CN1CCC(n2cc(-c3ccc4c(Oc5ccc(NC(=O)C6(C(=O)Nc7ccc(F)cc7)CC6)cc5)ccnc4c3)cn2)CC1. The van der Waals surface area contributed by atoms with Crippen molar-refractivity contribution in [1.82, 2.24) is 19.7 Å². The van der Waals surface area contributed by atoms with Crippen molar-refractivity contribution in [3.63, 3.8) is 0 Å². The number of halogens is 1. The number of nitrogens with zero attached hydrogens (tertiary/aromatic N) is 4. The molecule has 2 aromatic heterocycles. The van der Waals surface area contributed by atoms with Crippen molar-refractivity contribution in [3.8, 4) is 22.6 Å². The predicted molar refractivity (Wildman–Crippen MR) is 171 cm³/mol.